The van der Waals surface area contributed by atoms with Gasteiger partial charge < -0.3 is 14.8 Å². The van der Waals surface area contributed by atoms with Crippen LogP contribution in [0.25, 0.3) is 0 Å². The Morgan fingerprint density at radius 3 is 2.18 bits per heavy atom. The molecule has 0 saturated carbocycles. The molecule has 17 heavy (non-hydrogen) atoms. The fourth-order valence-corrected chi connectivity index (χ4v) is 1.56. The second kappa shape index (κ2) is 8.06. The third-order valence-electron chi connectivity index (χ3n) is 3.13. The summed E-state index contributed by atoms with van der Waals surface area (Å²) in [5, 5.41) is 3.44. The molecule has 0 bridgehead atoms. The fourth-order valence-electron chi connectivity index (χ4n) is 1.56. The van der Waals surface area contributed by atoms with Crippen molar-refractivity contribution < 1.29 is 9.47 Å². The molecule has 1 N–H and O–H groups in total. The van der Waals surface area contributed by atoms with Gasteiger partial charge in [-0.3, -0.25) is 0 Å². The SMILES string of the molecule is CCC(C)(CCOC(C)(C)C)CNCCOC. The summed E-state index contributed by atoms with van der Waals surface area (Å²) in [6, 6.07) is 0. The molecule has 1 atom stereocenters. The average molecular weight is 245 g/mol. The van der Waals surface area contributed by atoms with Gasteiger partial charge in [0.1, 0.15) is 0 Å². The zero-order valence-corrected chi connectivity index (χ0v) is 12.6. The normalized spacial score (nSPS) is 15.9. The van der Waals surface area contributed by atoms with Gasteiger partial charge in [0.15, 0.2) is 0 Å². The van der Waals surface area contributed by atoms with Gasteiger partial charge in [0.2, 0.25) is 0 Å². The fraction of sp³-hybridized carbons (Fsp3) is 1.00. The van der Waals surface area contributed by atoms with Crippen molar-refractivity contribution in [2.24, 2.45) is 5.41 Å². The summed E-state index contributed by atoms with van der Waals surface area (Å²) in [4.78, 5) is 0. The lowest BCUT2D eigenvalue weighted by Gasteiger charge is -2.30. The van der Waals surface area contributed by atoms with Gasteiger partial charge in [0.25, 0.3) is 0 Å². The second-order valence-electron chi connectivity index (χ2n) is 6.04. The topological polar surface area (TPSA) is 30.5 Å². The van der Waals surface area contributed by atoms with Crippen molar-refractivity contribution in [1.82, 2.24) is 5.32 Å². The molecule has 1 unspecified atom stereocenters. The third kappa shape index (κ3) is 9.57. The standard InChI is InChI=1S/C14H31NO2/c1-7-14(5,12-15-9-11-16-6)8-10-17-13(2,3)4/h15H,7-12H2,1-6H3. The monoisotopic (exact) mass is 245 g/mol. The van der Waals surface area contributed by atoms with Gasteiger partial charge in [-0.1, -0.05) is 13.8 Å². The summed E-state index contributed by atoms with van der Waals surface area (Å²) in [7, 11) is 1.73. The van der Waals surface area contributed by atoms with Crippen molar-refractivity contribution in [3.63, 3.8) is 0 Å². The van der Waals surface area contributed by atoms with Crippen molar-refractivity contribution in [3.05, 3.63) is 0 Å². The van der Waals surface area contributed by atoms with Crippen LogP contribution in [0.5, 0.6) is 0 Å². The molecule has 3 heteroatoms. The molecule has 0 saturated heterocycles. The first kappa shape index (κ1) is 16.9. The van der Waals surface area contributed by atoms with E-state index < -0.39 is 0 Å². The van der Waals surface area contributed by atoms with Gasteiger partial charge in [-0.15, -0.1) is 0 Å². The van der Waals surface area contributed by atoms with Gasteiger partial charge in [-0.25, -0.2) is 0 Å². The maximum absolute atomic E-state index is 5.80. The van der Waals surface area contributed by atoms with Crippen LogP contribution in [0.1, 0.15) is 47.5 Å². The Bertz CT molecular complexity index is 189. The van der Waals surface area contributed by atoms with Crippen LogP contribution in [0.3, 0.4) is 0 Å². The minimum atomic E-state index is -0.0296. The Kier molecular flexibility index (Phi) is 8.01. The molecule has 0 aromatic carbocycles. The molecule has 0 aromatic rings. The lowest BCUT2D eigenvalue weighted by Crippen LogP contribution is -2.35. The van der Waals surface area contributed by atoms with Gasteiger partial charge in [-0.05, 0) is 39.0 Å². The smallest absolute Gasteiger partial charge is 0.0598 e. The molecule has 0 rings (SSSR count). The van der Waals surface area contributed by atoms with Gasteiger partial charge in [0, 0.05) is 26.8 Å². The highest BCUT2D eigenvalue weighted by Crippen LogP contribution is 2.25. The zero-order valence-electron chi connectivity index (χ0n) is 12.6. The molecule has 0 fully saturated rings. The van der Waals surface area contributed by atoms with Crippen LogP contribution in [-0.4, -0.2) is 39.0 Å². The molecule has 3 nitrogen and oxygen atoms in total. The zero-order chi connectivity index (χ0) is 13.4. The van der Waals surface area contributed by atoms with Crippen LogP contribution in [0, 0.1) is 5.41 Å². The van der Waals surface area contributed by atoms with Crippen LogP contribution >= 0.6 is 0 Å². The summed E-state index contributed by atoms with van der Waals surface area (Å²) in [5.41, 5.74) is 0.289. The lowest BCUT2D eigenvalue weighted by molar-refractivity contribution is -0.0175. The first-order valence-electron chi connectivity index (χ1n) is 6.66. The Labute approximate surface area is 107 Å². The third-order valence-corrected chi connectivity index (χ3v) is 3.13. The average Bonchev–Trinajstić information content (AvgIpc) is 2.23. The van der Waals surface area contributed by atoms with E-state index in [1.165, 1.54) is 6.42 Å². The van der Waals surface area contributed by atoms with E-state index in [9.17, 15) is 0 Å². The molecular formula is C14H31NO2. The van der Waals surface area contributed by atoms with E-state index >= 15 is 0 Å². The van der Waals surface area contributed by atoms with E-state index in [2.05, 4.69) is 39.9 Å². The number of nitrogens with one attached hydrogen (secondary N) is 1. The summed E-state index contributed by atoms with van der Waals surface area (Å²) in [6.45, 7) is 14.4. The molecule has 0 aliphatic carbocycles. The molecule has 0 aliphatic rings. The van der Waals surface area contributed by atoms with Crippen molar-refractivity contribution >= 4 is 0 Å². The maximum atomic E-state index is 5.80. The molecule has 0 spiro atoms. The van der Waals surface area contributed by atoms with Gasteiger partial charge >= 0.3 is 0 Å². The number of rotatable bonds is 9. The van der Waals surface area contributed by atoms with Crippen molar-refractivity contribution in [1.29, 1.82) is 0 Å². The van der Waals surface area contributed by atoms with E-state index in [0.29, 0.717) is 5.41 Å². The van der Waals surface area contributed by atoms with E-state index in [1.807, 2.05) is 0 Å². The number of ether oxygens (including phenoxy) is 2. The minimum Gasteiger partial charge on any atom is -0.383 e. The summed E-state index contributed by atoms with van der Waals surface area (Å²) in [6.07, 6.45) is 2.27. The molecule has 0 aromatic heterocycles. The highest BCUT2D eigenvalue weighted by Gasteiger charge is 2.22. The second-order valence-corrected chi connectivity index (χ2v) is 6.04. The van der Waals surface area contributed by atoms with Crippen molar-refractivity contribution in [2.75, 3.05) is 33.4 Å². The van der Waals surface area contributed by atoms with Gasteiger partial charge in [0.05, 0.1) is 12.2 Å². The van der Waals surface area contributed by atoms with E-state index in [0.717, 1.165) is 32.7 Å². The first-order valence-corrected chi connectivity index (χ1v) is 6.66. The van der Waals surface area contributed by atoms with Crippen molar-refractivity contribution in [3.8, 4) is 0 Å². The van der Waals surface area contributed by atoms with E-state index in [-0.39, 0.29) is 5.60 Å². The van der Waals surface area contributed by atoms with Crippen LogP contribution in [0.4, 0.5) is 0 Å². The highest BCUT2D eigenvalue weighted by molar-refractivity contribution is 4.76. The number of hydrogen-bond acceptors (Lipinski definition) is 3. The predicted octanol–water partition coefficient (Wildman–Crippen LogP) is 2.84. The van der Waals surface area contributed by atoms with Gasteiger partial charge in [-0.2, -0.15) is 0 Å². The number of hydrogen-bond donors (Lipinski definition) is 1. The molecular weight excluding hydrogens is 214 g/mol. The Morgan fingerprint density at radius 2 is 1.71 bits per heavy atom. The minimum absolute atomic E-state index is 0.0296. The number of methoxy groups -OCH3 is 1. The summed E-state index contributed by atoms with van der Waals surface area (Å²) in [5.74, 6) is 0. The quantitative estimate of drug-likeness (QED) is 0.634. The predicted molar refractivity (Wildman–Crippen MR) is 73.5 cm³/mol. The van der Waals surface area contributed by atoms with E-state index in [1.54, 1.807) is 7.11 Å². The Balaban J connectivity index is 3.84. The molecule has 0 radical (unpaired) electrons. The first-order chi connectivity index (χ1) is 7.83. The van der Waals surface area contributed by atoms with Crippen LogP contribution in [0.2, 0.25) is 0 Å². The van der Waals surface area contributed by atoms with E-state index in [4.69, 9.17) is 9.47 Å². The Morgan fingerprint density at radius 1 is 1.06 bits per heavy atom. The highest BCUT2D eigenvalue weighted by atomic mass is 16.5. The van der Waals surface area contributed by atoms with Crippen LogP contribution in [-0.2, 0) is 9.47 Å². The Hall–Kier alpha value is -0.120. The van der Waals surface area contributed by atoms with Crippen LogP contribution in [0.15, 0.2) is 0 Å². The molecule has 0 amide bonds. The van der Waals surface area contributed by atoms with Crippen LogP contribution < -0.4 is 5.32 Å². The summed E-state index contributed by atoms with van der Waals surface area (Å²) >= 11 is 0. The maximum Gasteiger partial charge on any atom is 0.0598 e. The summed E-state index contributed by atoms with van der Waals surface area (Å²) < 4.78 is 10.8. The molecule has 104 valence electrons. The van der Waals surface area contributed by atoms with Crippen molar-refractivity contribution in [2.45, 2.75) is 53.1 Å². The molecule has 0 heterocycles. The molecule has 0 aliphatic heterocycles. The largest absolute Gasteiger partial charge is 0.383 e. The lowest BCUT2D eigenvalue weighted by atomic mass is 9.84.